The highest BCUT2D eigenvalue weighted by molar-refractivity contribution is 7.99. The average molecular weight is 630 g/mol. The van der Waals surface area contributed by atoms with Gasteiger partial charge in [-0.2, -0.15) is 4.68 Å². The zero-order chi connectivity index (χ0) is 30.4. The van der Waals surface area contributed by atoms with Crippen LogP contribution < -0.4 is 4.72 Å². The number of rotatable bonds is 11. The topological polar surface area (TPSA) is 128 Å². The number of nitrogens with one attached hydrogen (secondary N) is 1. The first kappa shape index (κ1) is 30.1. The fraction of sp³-hybridized carbons (Fsp3) is 0.219. The highest BCUT2D eigenvalue weighted by Gasteiger charge is 2.32. The second kappa shape index (κ2) is 13.8. The van der Waals surface area contributed by atoms with E-state index in [0.29, 0.717) is 17.3 Å². The van der Waals surface area contributed by atoms with Crippen LogP contribution in [0.25, 0.3) is 5.69 Å². The van der Waals surface area contributed by atoms with Gasteiger partial charge in [0.2, 0.25) is 15.2 Å². The average Bonchev–Trinajstić information content (AvgIpc) is 3.56. The molecular formula is C32H31N5O5S2. The maximum absolute atomic E-state index is 12.6. The highest BCUT2D eigenvalue weighted by Crippen LogP contribution is 2.39. The van der Waals surface area contributed by atoms with Gasteiger partial charge in [0.05, 0.1) is 29.4 Å². The SMILES string of the molecule is O=S(=O)(NCc1ccc([C@@H]2O[C@H](CSc3nnnn3-c3ccccc3)C[C@H](c3ccc(CO)cc3)O2)cc1)c1ccccc1. The number of aliphatic hydroxyl groups is 1. The molecule has 3 atom stereocenters. The number of hydrogen-bond donors (Lipinski definition) is 2. The van der Waals surface area contributed by atoms with Gasteiger partial charge in [0, 0.05) is 24.3 Å². The Labute approximate surface area is 260 Å². The first-order chi connectivity index (χ1) is 21.5. The van der Waals surface area contributed by atoms with Crippen LogP contribution in [0.4, 0.5) is 0 Å². The molecule has 1 aliphatic rings. The summed E-state index contributed by atoms with van der Waals surface area (Å²) in [7, 11) is -3.62. The molecule has 0 radical (unpaired) electrons. The molecule has 2 N–H and O–H groups in total. The van der Waals surface area contributed by atoms with Crippen LogP contribution in [-0.4, -0.2) is 45.6 Å². The number of aliphatic hydroxyl groups excluding tert-OH is 1. The van der Waals surface area contributed by atoms with E-state index in [4.69, 9.17) is 9.47 Å². The first-order valence-corrected chi connectivity index (χ1v) is 16.6. The Balaban J connectivity index is 1.17. The number of hydrogen-bond acceptors (Lipinski definition) is 9. The molecule has 1 saturated heterocycles. The number of thioether (sulfide) groups is 1. The van der Waals surface area contributed by atoms with E-state index in [2.05, 4.69) is 20.2 Å². The van der Waals surface area contributed by atoms with Gasteiger partial charge in [-0.15, -0.1) is 5.10 Å². The molecule has 0 unspecified atom stereocenters. The molecule has 0 bridgehead atoms. The molecule has 5 aromatic rings. The predicted molar refractivity (Wildman–Crippen MR) is 165 cm³/mol. The fourth-order valence-electron chi connectivity index (χ4n) is 4.84. The quantitative estimate of drug-likeness (QED) is 0.195. The van der Waals surface area contributed by atoms with Crippen LogP contribution in [0.5, 0.6) is 0 Å². The molecule has 0 amide bonds. The van der Waals surface area contributed by atoms with Crippen molar-refractivity contribution in [1.82, 2.24) is 24.9 Å². The molecule has 0 aliphatic carbocycles. The molecule has 0 saturated carbocycles. The standard InChI is InChI=1S/C32H31N5O5S2/c38-21-24-13-15-25(16-14-24)30-19-28(22-43-32-34-35-36-37(32)27-7-3-1-4-8-27)41-31(42-30)26-17-11-23(12-18-26)20-33-44(39,40)29-9-5-2-6-10-29/h1-18,28,30-31,33,38H,19-22H2/t28-,30+,31+/m0/s1. The minimum absolute atomic E-state index is 0.0270. The summed E-state index contributed by atoms with van der Waals surface area (Å²) >= 11 is 1.51. The molecule has 6 rings (SSSR count). The second-order valence-electron chi connectivity index (χ2n) is 10.2. The lowest BCUT2D eigenvalue weighted by atomic mass is 10.0. The van der Waals surface area contributed by atoms with Crippen LogP contribution in [-0.2, 0) is 32.6 Å². The third kappa shape index (κ3) is 7.24. The Morgan fingerprint density at radius 1 is 0.841 bits per heavy atom. The van der Waals surface area contributed by atoms with Gasteiger partial charge in [-0.25, -0.2) is 13.1 Å². The van der Waals surface area contributed by atoms with E-state index < -0.39 is 16.3 Å². The maximum atomic E-state index is 12.6. The summed E-state index contributed by atoms with van der Waals surface area (Å²) in [5, 5.41) is 22.4. The molecule has 226 valence electrons. The number of tetrazole rings is 1. The number of para-hydroxylation sites is 1. The van der Waals surface area contributed by atoms with Crippen LogP contribution in [0.3, 0.4) is 0 Å². The number of benzene rings is 4. The van der Waals surface area contributed by atoms with Crippen LogP contribution >= 0.6 is 11.8 Å². The van der Waals surface area contributed by atoms with Gasteiger partial charge in [-0.1, -0.05) is 96.7 Å². The van der Waals surface area contributed by atoms with Gasteiger partial charge in [-0.05, 0) is 51.4 Å². The molecule has 1 fully saturated rings. The summed E-state index contributed by atoms with van der Waals surface area (Å²) in [5.74, 6) is 0.595. The Hall–Kier alpha value is -3.91. The monoisotopic (exact) mass is 629 g/mol. The van der Waals surface area contributed by atoms with E-state index >= 15 is 0 Å². The largest absolute Gasteiger partial charge is 0.392 e. The van der Waals surface area contributed by atoms with Crippen molar-refractivity contribution in [2.75, 3.05) is 5.75 Å². The predicted octanol–water partition coefficient (Wildman–Crippen LogP) is 4.97. The van der Waals surface area contributed by atoms with Crippen molar-refractivity contribution >= 4 is 21.8 Å². The second-order valence-corrected chi connectivity index (χ2v) is 13.0. The molecule has 12 heteroatoms. The number of nitrogens with zero attached hydrogens (tertiary/aromatic N) is 4. The zero-order valence-electron chi connectivity index (χ0n) is 23.6. The van der Waals surface area contributed by atoms with Gasteiger partial charge in [0.25, 0.3) is 0 Å². The molecule has 44 heavy (non-hydrogen) atoms. The fourth-order valence-corrected chi connectivity index (χ4v) is 6.79. The lowest BCUT2D eigenvalue weighted by Crippen LogP contribution is -2.31. The summed E-state index contributed by atoms with van der Waals surface area (Å²) in [5.41, 5.74) is 4.32. The van der Waals surface area contributed by atoms with Crippen LogP contribution in [0.2, 0.25) is 0 Å². The summed E-state index contributed by atoms with van der Waals surface area (Å²) < 4.78 is 42.5. The summed E-state index contributed by atoms with van der Waals surface area (Å²) in [6.07, 6.45) is -0.444. The molecule has 4 aromatic carbocycles. The zero-order valence-corrected chi connectivity index (χ0v) is 25.3. The summed E-state index contributed by atoms with van der Waals surface area (Å²) in [6.45, 7) is 0.125. The molecule has 10 nitrogen and oxygen atoms in total. The lowest BCUT2D eigenvalue weighted by Gasteiger charge is -2.36. The minimum atomic E-state index is -3.62. The molecule has 1 aliphatic heterocycles. The van der Waals surface area contributed by atoms with Crippen molar-refractivity contribution in [2.24, 2.45) is 0 Å². The third-order valence-corrected chi connectivity index (χ3v) is 9.70. The van der Waals surface area contributed by atoms with Crippen LogP contribution in [0, 0.1) is 0 Å². The molecular weight excluding hydrogens is 599 g/mol. The Morgan fingerprint density at radius 2 is 1.50 bits per heavy atom. The number of aromatic nitrogens is 4. The van der Waals surface area contributed by atoms with Crippen molar-refractivity contribution in [3.8, 4) is 5.69 Å². The molecule has 0 spiro atoms. The van der Waals surface area contributed by atoms with Crippen molar-refractivity contribution in [3.05, 3.63) is 131 Å². The summed E-state index contributed by atoms with van der Waals surface area (Å²) in [4.78, 5) is 0.223. The van der Waals surface area contributed by atoms with E-state index in [9.17, 15) is 13.5 Å². The Bertz CT molecular complexity index is 1750. The van der Waals surface area contributed by atoms with Gasteiger partial charge in [0.15, 0.2) is 6.29 Å². The van der Waals surface area contributed by atoms with Gasteiger partial charge in [0.1, 0.15) is 0 Å². The Morgan fingerprint density at radius 3 is 2.20 bits per heavy atom. The first-order valence-electron chi connectivity index (χ1n) is 14.1. The molecule has 2 heterocycles. The normalized spacial score (nSPS) is 18.7. The number of sulfonamides is 1. The van der Waals surface area contributed by atoms with Gasteiger partial charge in [-0.3, -0.25) is 0 Å². The maximum Gasteiger partial charge on any atom is 0.240 e. The van der Waals surface area contributed by atoms with E-state index in [1.165, 1.54) is 11.8 Å². The minimum Gasteiger partial charge on any atom is -0.392 e. The van der Waals surface area contributed by atoms with Crippen molar-refractivity contribution in [1.29, 1.82) is 0 Å². The Kier molecular flexibility index (Phi) is 9.45. The van der Waals surface area contributed by atoms with Crippen molar-refractivity contribution < 1.29 is 23.0 Å². The lowest BCUT2D eigenvalue weighted by molar-refractivity contribution is -0.245. The van der Waals surface area contributed by atoms with Crippen molar-refractivity contribution in [2.45, 2.75) is 48.1 Å². The molecule has 1 aromatic heterocycles. The van der Waals surface area contributed by atoms with E-state index in [1.54, 1.807) is 35.0 Å². The van der Waals surface area contributed by atoms with Gasteiger partial charge >= 0.3 is 0 Å². The van der Waals surface area contributed by atoms with E-state index in [0.717, 1.165) is 27.9 Å². The van der Waals surface area contributed by atoms with Crippen molar-refractivity contribution in [3.63, 3.8) is 0 Å². The van der Waals surface area contributed by atoms with Crippen LogP contribution in [0.1, 0.15) is 41.1 Å². The summed E-state index contributed by atoms with van der Waals surface area (Å²) in [6, 6.07) is 33.3. The van der Waals surface area contributed by atoms with Crippen LogP contribution in [0.15, 0.2) is 119 Å². The van der Waals surface area contributed by atoms with E-state index in [-0.39, 0.29) is 30.3 Å². The smallest absolute Gasteiger partial charge is 0.240 e. The van der Waals surface area contributed by atoms with Gasteiger partial charge < -0.3 is 14.6 Å². The third-order valence-electron chi connectivity index (χ3n) is 7.23. The highest BCUT2D eigenvalue weighted by atomic mass is 32.2. The number of ether oxygens (including phenoxy) is 2. The van der Waals surface area contributed by atoms with E-state index in [1.807, 2.05) is 78.9 Å².